The fraction of sp³-hybridized carbons (Fsp3) is 0.844. The summed E-state index contributed by atoms with van der Waals surface area (Å²) in [4.78, 5) is 37.3. The van der Waals surface area contributed by atoms with Gasteiger partial charge in [-0.3, -0.25) is 14.4 Å². The van der Waals surface area contributed by atoms with Crippen LogP contribution in [0.3, 0.4) is 0 Å². The van der Waals surface area contributed by atoms with Crippen LogP contribution >= 0.6 is 0 Å². The highest BCUT2D eigenvalue weighted by Crippen LogP contribution is 2.35. The van der Waals surface area contributed by atoms with Crippen LogP contribution in [0.2, 0.25) is 0 Å². The molecule has 3 N–H and O–H groups in total. The lowest BCUT2D eigenvalue weighted by Gasteiger charge is -2.45. The van der Waals surface area contributed by atoms with Crippen molar-refractivity contribution in [2.75, 3.05) is 13.2 Å². The molecule has 1 rings (SSSR count). The van der Waals surface area contributed by atoms with Crippen molar-refractivity contribution in [2.24, 2.45) is 10.8 Å². The number of allylic oxidation sites excluding steroid dienone is 2. The summed E-state index contributed by atoms with van der Waals surface area (Å²) in [5.74, 6) is -2.19. The average Bonchev–Trinajstić information content (AvgIpc) is 2.86. The van der Waals surface area contributed by atoms with E-state index < -0.39 is 34.7 Å². The molecule has 1 aliphatic heterocycles. The van der Waals surface area contributed by atoms with Gasteiger partial charge in [0.1, 0.15) is 6.10 Å². The first-order valence-electron chi connectivity index (χ1n) is 15.5. The van der Waals surface area contributed by atoms with Gasteiger partial charge in [0.25, 0.3) is 0 Å². The lowest BCUT2D eigenvalue weighted by Crippen LogP contribution is -2.57. The van der Waals surface area contributed by atoms with E-state index in [0.717, 1.165) is 25.7 Å². The second-order valence-electron chi connectivity index (χ2n) is 13.2. The molecule has 2 unspecified atom stereocenters. The average molecular weight is 567 g/mol. The zero-order chi connectivity index (χ0) is 30.2. The fourth-order valence-electron chi connectivity index (χ4n) is 4.87. The van der Waals surface area contributed by atoms with Gasteiger partial charge in [-0.15, -0.1) is 0 Å². The van der Waals surface area contributed by atoms with Crippen LogP contribution in [0, 0.1) is 10.8 Å². The number of carbonyl (C=O) groups excluding carboxylic acids is 2. The monoisotopic (exact) mass is 566 g/mol. The maximum atomic E-state index is 13.1. The van der Waals surface area contributed by atoms with Crippen LogP contribution in [-0.4, -0.2) is 54.0 Å². The van der Waals surface area contributed by atoms with Crippen LogP contribution in [0.25, 0.3) is 0 Å². The van der Waals surface area contributed by atoms with Gasteiger partial charge in [-0.25, -0.2) is 0 Å². The molecule has 1 fully saturated rings. The molecule has 0 aromatic carbocycles. The van der Waals surface area contributed by atoms with E-state index in [9.17, 15) is 19.5 Å². The molecule has 40 heavy (non-hydrogen) atoms. The maximum absolute atomic E-state index is 13.1. The Balaban J connectivity index is 2.38. The minimum atomic E-state index is -0.981. The van der Waals surface area contributed by atoms with Crippen molar-refractivity contribution >= 4 is 17.8 Å². The van der Waals surface area contributed by atoms with Crippen molar-refractivity contribution in [3.63, 3.8) is 0 Å². The van der Waals surface area contributed by atoms with Crippen LogP contribution in [0.15, 0.2) is 12.2 Å². The summed E-state index contributed by atoms with van der Waals surface area (Å²) in [7, 11) is 0. The molecule has 1 saturated heterocycles. The highest BCUT2D eigenvalue weighted by atomic mass is 16.7. The second-order valence-corrected chi connectivity index (χ2v) is 13.2. The molecule has 8 nitrogen and oxygen atoms in total. The Morgan fingerprint density at radius 1 is 0.975 bits per heavy atom. The molecule has 1 heterocycles. The van der Waals surface area contributed by atoms with E-state index in [0.29, 0.717) is 26.0 Å². The standard InChI is InChI=1S/C32H58N2O6/c1-8-9-10-11-12-13-14-15-16-17-18-21-30(2,3)29(38)33-22-19-20-25(23-26(35)36)34-28(37)27-31(4,5)24-39-32(6,7)40-27/h12-13,25,27H,8-11,14-24H2,1-7H3,(H,33,38)(H,34,37)(H,35,36). The lowest BCUT2D eigenvalue weighted by atomic mass is 9.85. The van der Waals surface area contributed by atoms with Gasteiger partial charge in [-0.2, -0.15) is 0 Å². The highest BCUT2D eigenvalue weighted by Gasteiger charge is 2.46. The molecular formula is C32H58N2O6. The first-order chi connectivity index (χ1) is 18.7. The van der Waals surface area contributed by atoms with E-state index >= 15 is 0 Å². The molecular weight excluding hydrogens is 508 g/mol. The predicted molar refractivity (Wildman–Crippen MR) is 160 cm³/mol. The van der Waals surface area contributed by atoms with Crippen molar-refractivity contribution in [3.8, 4) is 0 Å². The van der Waals surface area contributed by atoms with E-state index in [2.05, 4.69) is 29.7 Å². The van der Waals surface area contributed by atoms with Crippen LogP contribution in [0.4, 0.5) is 0 Å². The number of carboxylic acids is 1. The third-order valence-corrected chi connectivity index (χ3v) is 7.60. The minimum absolute atomic E-state index is 0.0147. The first kappa shape index (κ1) is 36.1. The summed E-state index contributed by atoms with van der Waals surface area (Å²) in [5, 5.41) is 15.3. The zero-order valence-electron chi connectivity index (χ0n) is 26.4. The number of aliphatic carboxylic acids is 1. The Hall–Kier alpha value is -1.93. The maximum Gasteiger partial charge on any atom is 0.305 e. The molecule has 1 aliphatic rings. The number of amides is 2. The van der Waals surface area contributed by atoms with Crippen molar-refractivity contribution in [1.29, 1.82) is 0 Å². The predicted octanol–water partition coefficient (Wildman–Crippen LogP) is 6.52. The number of rotatable bonds is 20. The van der Waals surface area contributed by atoms with Gasteiger partial charge in [0, 0.05) is 23.4 Å². The molecule has 8 heteroatoms. The number of carboxylic acid groups (broad SMARTS) is 1. The Bertz CT molecular complexity index is 805. The van der Waals surface area contributed by atoms with Gasteiger partial charge in [-0.1, -0.05) is 78.9 Å². The van der Waals surface area contributed by atoms with Gasteiger partial charge in [-0.05, 0) is 58.8 Å². The van der Waals surface area contributed by atoms with E-state index in [1.54, 1.807) is 13.8 Å². The number of unbranched alkanes of at least 4 members (excludes halogenated alkanes) is 7. The summed E-state index contributed by atoms with van der Waals surface area (Å²) >= 11 is 0. The quantitative estimate of drug-likeness (QED) is 0.114. The number of hydrogen-bond acceptors (Lipinski definition) is 5. The van der Waals surface area contributed by atoms with Crippen molar-refractivity contribution < 1.29 is 29.0 Å². The summed E-state index contributed by atoms with van der Waals surface area (Å²) < 4.78 is 11.6. The van der Waals surface area contributed by atoms with Crippen LogP contribution in [0.5, 0.6) is 0 Å². The normalized spacial score (nSPS) is 19.3. The zero-order valence-corrected chi connectivity index (χ0v) is 26.4. The Labute approximate surface area is 243 Å². The Morgan fingerprint density at radius 2 is 1.60 bits per heavy atom. The summed E-state index contributed by atoms with van der Waals surface area (Å²) in [6.07, 6.45) is 16.2. The summed E-state index contributed by atoms with van der Waals surface area (Å²) in [6, 6.07) is -0.550. The van der Waals surface area contributed by atoms with Crippen LogP contribution in [0.1, 0.15) is 132 Å². The van der Waals surface area contributed by atoms with Gasteiger partial charge in [0.2, 0.25) is 11.8 Å². The highest BCUT2D eigenvalue weighted by molar-refractivity contribution is 5.83. The number of hydrogen-bond donors (Lipinski definition) is 3. The topological polar surface area (TPSA) is 114 Å². The largest absolute Gasteiger partial charge is 0.481 e. The molecule has 0 saturated carbocycles. The van der Waals surface area contributed by atoms with Gasteiger partial charge in [0.15, 0.2) is 5.79 Å². The minimum Gasteiger partial charge on any atom is -0.481 e. The molecule has 0 radical (unpaired) electrons. The summed E-state index contributed by atoms with van der Waals surface area (Å²) in [5.41, 5.74) is -0.996. The second kappa shape index (κ2) is 17.8. The molecule has 0 aliphatic carbocycles. The van der Waals surface area contributed by atoms with Crippen LogP contribution in [-0.2, 0) is 23.9 Å². The van der Waals surface area contributed by atoms with Gasteiger partial charge >= 0.3 is 5.97 Å². The van der Waals surface area contributed by atoms with Crippen LogP contribution < -0.4 is 10.6 Å². The number of nitrogens with one attached hydrogen (secondary N) is 2. The molecule has 0 bridgehead atoms. The molecule has 0 spiro atoms. The van der Waals surface area contributed by atoms with Crippen molar-refractivity contribution in [2.45, 2.75) is 150 Å². The fourth-order valence-corrected chi connectivity index (χ4v) is 4.87. The molecule has 0 aromatic rings. The molecule has 232 valence electrons. The third kappa shape index (κ3) is 14.6. The van der Waals surface area contributed by atoms with Crippen molar-refractivity contribution in [1.82, 2.24) is 10.6 Å². The van der Waals surface area contributed by atoms with E-state index in [-0.39, 0.29) is 18.2 Å². The van der Waals surface area contributed by atoms with Gasteiger partial charge < -0.3 is 25.2 Å². The first-order valence-corrected chi connectivity index (χ1v) is 15.5. The Kier molecular flexibility index (Phi) is 16.1. The smallest absolute Gasteiger partial charge is 0.305 e. The lowest BCUT2D eigenvalue weighted by molar-refractivity contribution is -0.304. The van der Waals surface area contributed by atoms with Gasteiger partial charge in [0.05, 0.1) is 13.0 Å². The van der Waals surface area contributed by atoms with E-state index in [1.165, 1.54) is 38.5 Å². The molecule has 2 amide bonds. The Morgan fingerprint density at radius 3 is 2.23 bits per heavy atom. The van der Waals surface area contributed by atoms with Crippen molar-refractivity contribution in [3.05, 3.63) is 12.2 Å². The summed E-state index contributed by atoms with van der Waals surface area (Å²) in [6.45, 7) is 14.3. The molecule has 2 atom stereocenters. The SMILES string of the molecule is CCCCCC=CCCCCCCC(C)(C)C(=O)NCCCC(CC(=O)O)NC(=O)C1OC(C)(C)OCC1(C)C. The number of carbonyl (C=O) groups is 3. The van der Waals surface area contributed by atoms with E-state index in [1.807, 2.05) is 27.7 Å². The molecule has 0 aromatic heterocycles. The van der Waals surface area contributed by atoms with E-state index in [4.69, 9.17) is 9.47 Å². The number of ether oxygens (including phenoxy) is 2. The third-order valence-electron chi connectivity index (χ3n) is 7.60.